The molecule has 0 aromatic heterocycles. The Morgan fingerprint density at radius 2 is 1.14 bits per heavy atom. The number of halogens is 1. The van der Waals surface area contributed by atoms with Gasteiger partial charge in [0.2, 0.25) is 0 Å². The topological polar surface area (TPSA) is 20.2 Å². The van der Waals surface area contributed by atoms with E-state index in [-0.39, 0.29) is 11.5 Å². The monoisotopic (exact) mass is 218 g/mol. The lowest BCUT2D eigenvalue weighted by atomic mass is 9.99. The van der Waals surface area contributed by atoms with Crippen LogP contribution in [0.25, 0.3) is 0 Å². The molecule has 1 unspecified atom stereocenters. The number of alkyl halides is 1. The van der Waals surface area contributed by atoms with Gasteiger partial charge in [-0.15, -0.1) is 11.6 Å². The first-order valence-electron chi connectivity index (χ1n) is 6.13. The van der Waals surface area contributed by atoms with E-state index >= 15 is 0 Å². The minimum Gasteiger partial charge on any atom is -0.392 e. The Labute approximate surface area is 92.8 Å². The highest BCUT2D eigenvalue weighted by Crippen LogP contribution is 2.20. The lowest BCUT2D eigenvalue weighted by molar-refractivity contribution is 0.150. The summed E-state index contributed by atoms with van der Waals surface area (Å²) in [5.74, 6) is 0. The summed E-state index contributed by atoms with van der Waals surface area (Å²) in [5.41, 5.74) is 0. The van der Waals surface area contributed by atoms with E-state index in [1.54, 1.807) is 0 Å². The van der Waals surface area contributed by atoms with Crippen LogP contribution in [0.15, 0.2) is 0 Å². The Kier molecular flexibility index (Phi) is 6.63. The van der Waals surface area contributed by atoms with Crippen molar-refractivity contribution in [3.05, 3.63) is 0 Å². The van der Waals surface area contributed by atoms with Crippen molar-refractivity contribution in [2.75, 3.05) is 0 Å². The van der Waals surface area contributed by atoms with Crippen LogP contribution >= 0.6 is 11.6 Å². The standard InChI is InChI=1S/C12H23ClO/c13-11-9-7-5-3-1-2-4-6-8-10-12(11)14/h11-12,14H,1-10H2/t11-,12?/m1/s1. The third-order valence-corrected chi connectivity index (χ3v) is 3.66. The molecule has 0 spiro atoms. The summed E-state index contributed by atoms with van der Waals surface area (Å²) in [4.78, 5) is 0. The first-order valence-corrected chi connectivity index (χ1v) is 6.56. The highest BCUT2D eigenvalue weighted by Gasteiger charge is 2.15. The average molecular weight is 219 g/mol. The maximum Gasteiger partial charge on any atom is 0.0703 e. The van der Waals surface area contributed by atoms with E-state index in [0.29, 0.717) is 0 Å². The van der Waals surface area contributed by atoms with Crippen molar-refractivity contribution in [1.29, 1.82) is 0 Å². The summed E-state index contributed by atoms with van der Waals surface area (Å²) in [5, 5.41) is 9.72. The second kappa shape index (κ2) is 7.53. The molecule has 0 bridgehead atoms. The van der Waals surface area contributed by atoms with Crippen molar-refractivity contribution in [3.63, 3.8) is 0 Å². The van der Waals surface area contributed by atoms with Crippen molar-refractivity contribution in [2.24, 2.45) is 0 Å². The molecule has 0 amide bonds. The normalized spacial score (nSPS) is 33.0. The Bertz CT molecular complexity index is 122. The average Bonchev–Trinajstić information content (AvgIpc) is 2.18. The van der Waals surface area contributed by atoms with Gasteiger partial charge in [0, 0.05) is 0 Å². The molecule has 1 rings (SSSR count). The second-order valence-corrected chi connectivity index (χ2v) is 5.05. The van der Waals surface area contributed by atoms with Crippen LogP contribution in [0.2, 0.25) is 0 Å². The predicted octanol–water partition coefficient (Wildman–Crippen LogP) is 3.87. The zero-order valence-electron chi connectivity index (χ0n) is 9.05. The van der Waals surface area contributed by atoms with E-state index < -0.39 is 0 Å². The van der Waals surface area contributed by atoms with E-state index in [9.17, 15) is 5.11 Å². The molecule has 14 heavy (non-hydrogen) atoms. The molecular formula is C12H23ClO. The summed E-state index contributed by atoms with van der Waals surface area (Å²) >= 11 is 6.11. The van der Waals surface area contributed by atoms with E-state index in [1.807, 2.05) is 0 Å². The predicted molar refractivity (Wildman–Crippen MR) is 61.8 cm³/mol. The second-order valence-electron chi connectivity index (χ2n) is 4.49. The third kappa shape index (κ3) is 5.21. The lowest BCUT2D eigenvalue weighted by Gasteiger charge is -2.17. The first-order chi connectivity index (χ1) is 6.80. The van der Waals surface area contributed by atoms with Gasteiger partial charge in [0.15, 0.2) is 0 Å². The van der Waals surface area contributed by atoms with Gasteiger partial charge in [-0.3, -0.25) is 0 Å². The molecule has 0 heterocycles. The Hall–Kier alpha value is 0.250. The maximum absolute atomic E-state index is 9.73. The molecule has 84 valence electrons. The number of rotatable bonds is 0. The molecule has 0 aromatic carbocycles. The van der Waals surface area contributed by atoms with Crippen LogP contribution in [0, 0.1) is 0 Å². The molecule has 0 saturated heterocycles. The van der Waals surface area contributed by atoms with Gasteiger partial charge in [-0.1, -0.05) is 51.4 Å². The molecule has 1 fully saturated rings. The highest BCUT2D eigenvalue weighted by molar-refractivity contribution is 6.21. The lowest BCUT2D eigenvalue weighted by Crippen LogP contribution is -2.20. The van der Waals surface area contributed by atoms with Gasteiger partial charge in [0.25, 0.3) is 0 Å². The summed E-state index contributed by atoms with van der Waals surface area (Å²) in [6.45, 7) is 0. The van der Waals surface area contributed by atoms with E-state index in [2.05, 4.69) is 0 Å². The Morgan fingerprint density at radius 1 is 0.714 bits per heavy atom. The maximum atomic E-state index is 9.73. The quantitative estimate of drug-likeness (QED) is 0.612. The smallest absolute Gasteiger partial charge is 0.0703 e. The van der Waals surface area contributed by atoms with Crippen LogP contribution in [0.3, 0.4) is 0 Å². The molecule has 0 radical (unpaired) electrons. The summed E-state index contributed by atoms with van der Waals surface area (Å²) < 4.78 is 0. The van der Waals surface area contributed by atoms with Crippen LogP contribution in [-0.2, 0) is 0 Å². The zero-order chi connectivity index (χ0) is 10.2. The number of aliphatic hydroxyl groups is 1. The van der Waals surface area contributed by atoms with Crippen LogP contribution < -0.4 is 0 Å². The molecule has 1 saturated carbocycles. The molecule has 0 aliphatic heterocycles. The first kappa shape index (κ1) is 12.3. The van der Waals surface area contributed by atoms with Crippen molar-refractivity contribution in [3.8, 4) is 0 Å². The van der Waals surface area contributed by atoms with Crippen molar-refractivity contribution in [2.45, 2.75) is 75.7 Å². The number of hydrogen-bond acceptors (Lipinski definition) is 1. The Balaban J connectivity index is 2.23. The Morgan fingerprint density at radius 3 is 1.71 bits per heavy atom. The molecule has 1 aliphatic rings. The summed E-state index contributed by atoms with van der Waals surface area (Å²) in [6.07, 6.45) is 11.9. The molecule has 2 atom stereocenters. The third-order valence-electron chi connectivity index (χ3n) is 3.15. The number of hydrogen-bond donors (Lipinski definition) is 1. The SMILES string of the molecule is OC1CCCCCCCCCC[C@H]1Cl. The van der Waals surface area contributed by atoms with E-state index in [0.717, 1.165) is 19.3 Å². The fourth-order valence-corrected chi connectivity index (χ4v) is 2.41. The van der Waals surface area contributed by atoms with Gasteiger partial charge in [-0.05, 0) is 12.8 Å². The van der Waals surface area contributed by atoms with Gasteiger partial charge in [0.1, 0.15) is 0 Å². The van der Waals surface area contributed by atoms with Gasteiger partial charge < -0.3 is 5.11 Å². The van der Waals surface area contributed by atoms with Crippen molar-refractivity contribution >= 4 is 11.6 Å². The van der Waals surface area contributed by atoms with Crippen molar-refractivity contribution < 1.29 is 5.11 Å². The van der Waals surface area contributed by atoms with Gasteiger partial charge in [-0.25, -0.2) is 0 Å². The molecule has 1 nitrogen and oxygen atoms in total. The summed E-state index contributed by atoms with van der Waals surface area (Å²) in [6, 6.07) is 0. The molecule has 1 aliphatic carbocycles. The molecule has 1 N–H and O–H groups in total. The van der Waals surface area contributed by atoms with Crippen LogP contribution in [-0.4, -0.2) is 16.6 Å². The van der Waals surface area contributed by atoms with E-state index in [4.69, 9.17) is 11.6 Å². The van der Waals surface area contributed by atoms with Crippen LogP contribution in [0.1, 0.15) is 64.2 Å². The fourth-order valence-electron chi connectivity index (χ4n) is 2.13. The fraction of sp³-hybridized carbons (Fsp3) is 1.00. The van der Waals surface area contributed by atoms with E-state index in [1.165, 1.54) is 44.9 Å². The molecule has 0 aromatic rings. The van der Waals surface area contributed by atoms with Crippen LogP contribution in [0.5, 0.6) is 0 Å². The van der Waals surface area contributed by atoms with Gasteiger partial charge in [-0.2, -0.15) is 0 Å². The van der Waals surface area contributed by atoms with Crippen LogP contribution in [0.4, 0.5) is 0 Å². The number of aliphatic hydroxyl groups excluding tert-OH is 1. The largest absolute Gasteiger partial charge is 0.392 e. The zero-order valence-corrected chi connectivity index (χ0v) is 9.81. The minimum atomic E-state index is -0.268. The van der Waals surface area contributed by atoms with Gasteiger partial charge >= 0.3 is 0 Å². The summed E-state index contributed by atoms with van der Waals surface area (Å²) in [7, 11) is 0. The minimum absolute atomic E-state index is 0.00516. The molecular weight excluding hydrogens is 196 g/mol. The molecule has 2 heteroatoms. The van der Waals surface area contributed by atoms with Gasteiger partial charge in [0.05, 0.1) is 11.5 Å². The van der Waals surface area contributed by atoms with Crippen molar-refractivity contribution in [1.82, 2.24) is 0 Å². The highest BCUT2D eigenvalue weighted by atomic mass is 35.5.